The molecule has 0 amide bonds. The van der Waals surface area contributed by atoms with E-state index in [2.05, 4.69) is 15.9 Å². The van der Waals surface area contributed by atoms with Crippen LogP contribution in [-0.2, 0) is 0 Å². The maximum absolute atomic E-state index is 6.16. The van der Waals surface area contributed by atoms with Crippen LogP contribution in [-0.4, -0.2) is 0 Å². The molecule has 0 fully saturated rings. The van der Waals surface area contributed by atoms with Gasteiger partial charge in [0.2, 0.25) is 0 Å². The highest BCUT2D eigenvalue weighted by Crippen LogP contribution is 2.38. The van der Waals surface area contributed by atoms with Crippen molar-refractivity contribution in [3.63, 3.8) is 0 Å². The van der Waals surface area contributed by atoms with Crippen molar-refractivity contribution in [2.24, 2.45) is 5.73 Å². The molecule has 1 heterocycles. The number of thiophene rings is 1. The van der Waals surface area contributed by atoms with Gasteiger partial charge in [-0.1, -0.05) is 50.7 Å². The molecule has 1 aromatic heterocycles. The minimum atomic E-state index is -0.378. The maximum Gasteiger partial charge on any atom is 0.0995 e. The Hall–Kier alpha value is 0.230. The molecule has 0 saturated heterocycles. The molecule has 1 unspecified atom stereocenters. The van der Waals surface area contributed by atoms with Crippen LogP contribution in [0.3, 0.4) is 0 Å². The zero-order valence-electron chi connectivity index (χ0n) is 8.38. The predicted octanol–water partition coefficient (Wildman–Crippen LogP) is 5.52. The Bertz CT molecular complexity index is 556. The van der Waals surface area contributed by atoms with Crippen molar-refractivity contribution in [3.8, 4) is 0 Å². The molecule has 90 valence electrons. The summed E-state index contributed by atoms with van der Waals surface area (Å²) in [4.78, 5) is 0. The van der Waals surface area contributed by atoms with Gasteiger partial charge in [0, 0.05) is 15.1 Å². The lowest BCUT2D eigenvalue weighted by Gasteiger charge is -2.13. The van der Waals surface area contributed by atoms with Crippen molar-refractivity contribution < 1.29 is 0 Å². The highest BCUT2D eigenvalue weighted by atomic mass is 79.9. The van der Waals surface area contributed by atoms with Gasteiger partial charge in [-0.2, -0.15) is 0 Å². The molecule has 0 radical (unpaired) electrons. The second-order valence-electron chi connectivity index (χ2n) is 3.42. The minimum absolute atomic E-state index is 0.378. The molecule has 0 aliphatic heterocycles. The molecule has 0 aliphatic carbocycles. The quantitative estimate of drug-likeness (QED) is 0.739. The molecule has 6 heteroatoms. The van der Waals surface area contributed by atoms with Crippen molar-refractivity contribution in [3.05, 3.63) is 53.6 Å². The highest BCUT2D eigenvalue weighted by Gasteiger charge is 2.18. The summed E-state index contributed by atoms with van der Waals surface area (Å²) < 4.78 is 2.13. The van der Waals surface area contributed by atoms with Crippen LogP contribution in [0.15, 0.2) is 28.7 Å². The van der Waals surface area contributed by atoms with Gasteiger partial charge in [-0.25, -0.2) is 0 Å². The Morgan fingerprint density at radius 3 is 2.41 bits per heavy atom. The molecule has 0 bridgehead atoms. The lowest BCUT2D eigenvalue weighted by Crippen LogP contribution is -2.11. The van der Waals surface area contributed by atoms with E-state index < -0.39 is 0 Å². The number of halogens is 4. The van der Waals surface area contributed by atoms with Crippen molar-refractivity contribution in [2.75, 3.05) is 0 Å². The monoisotopic (exact) mass is 369 g/mol. The molecule has 1 atom stereocenters. The first-order chi connectivity index (χ1) is 7.99. The van der Waals surface area contributed by atoms with Crippen LogP contribution in [0.1, 0.15) is 17.2 Å². The second kappa shape index (κ2) is 5.47. The highest BCUT2D eigenvalue weighted by molar-refractivity contribution is 9.10. The molecular formula is C11H7BrCl3NS. The van der Waals surface area contributed by atoms with Crippen LogP contribution in [0, 0.1) is 0 Å². The standard InChI is InChI=1S/C11H7BrCl3NS/c12-5-1-2-8(13)6(3-5)10(16)7-4-9(14)17-11(7)15/h1-4,10H,16H2. The van der Waals surface area contributed by atoms with E-state index >= 15 is 0 Å². The Balaban J connectivity index is 2.46. The fourth-order valence-corrected chi connectivity index (χ4v) is 3.65. The molecule has 17 heavy (non-hydrogen) atoms. The fourth-order valence-electron chi connectivity index (χ4n) is 1.49. The molecule has 2 aromatic rings. The molecule has 0 aliphatic rings. The lowest BCUT2D eigenvalue weighted by atomic mass is 10.0. The summed E-state index contributed by atoms with van der Waals surface area (Å²) in [7, 11) is 0. The summed E-state index contributed by atoms with van der Waals surface area (Å²) in [5, 5.41) is 0.610. The molecule has 0 saturated carbocycles. The first-order valence-electron chi connectivity index (χ1n) is 4.64. The average Bonchev–Trinajstić information content (AvgIpc) is 2.60. The third-order valence-corrected chi connectivity index (χ3v) is 4.67. The Morgan fingerprint density at radius 1 is 1.12 bits per heavy atom. The zero-order chi connectivity index (χ0) is 12.6. The molecule has 0 spiro atoms. The first kappa shape index (κ1) is 13.7. The average molecular weight is 372 g/mol. The van der Waals surface area contributed by atoms with E-state index in [1.807, 2.05) is 12.1 Å². The molecule has 2 N–H and O–H groups in total. The van der Waals surface area contributed by atoms with Gasteiger partial charge in [-0.3, -0.25) is 0 Å². The van der Waals surface area contributed by atoms with E-state index in [0.29, 0.717) is 13.7 Å². The first-order valence-corrected chi connectivity index (χ1v) is 7.38. The van der Waals surface area contributed by atoms with Gasteiger partial charge in [0.1, 0.15) is 0 Å². The smallest absolute Gasteiger partial charge is 0.0995 e. The van der Waals surface area contributed by atoms with Crippen molar-refractivity contribution in [2.45, 2.75) is 6.04 Å². The van der Waals surface area contributed by atoms with E-state index in [4.69, 9.17) is 40.5 Å². The number of nitrogens with two attached hydrogens (primary N) is 1. The normalized spacial score (nSPS) is 12.8. The largest absolute Gasteiger partial charge is 0.320 e. The van der Waals surface area contributed by atoms with Crippen molar-refractivity contribution in [1.82, 2.24) is 0 Å². The summed E-state index contributed by atoms with van der Waals surface area (Å²) in [6, 6.07) is 6.94. The predicted molar refractivity (Wildman–Crippen MR) is 79.5 cm³/mol. The second-order valence-corrected chi connectivity index (χ2v) is 7.03. The summed E-state index contributed by atoms with van der Waals surface area (Å²) in [6.07, 6.45) is 0. The van der Waals surface area contributed by atoms with Gasteiger partial charge in [0.25, 0.3) is 0 Å². The zero-order valence-corrected chi connectivity index (χ0v) is 13.1. The molecule has 1 aromatic carbocycles. The number of hydrogen-bond acceptors (Lipinski definition) is 2. The number of rotatable bonds is 2. The van der Waals surface area contributed by atoms with E-state index in [1.54, 1.807) is 12.1 Å². The maximum atomic E-state index is 6.16. The van der Waals surface area contributed by atoms with Crippen LogP contribution in [0.2, 0.25) is 13.7 Å². The van der Waals surface area contributed by atoms with Crippen LogP contribution in [0.25, 0.3) is 0 Å². The summed E-state index contributed by atoms with van der Waals surface area (Å²) >= 11 is 22.8. The Kier molecular flexibility index (Phi) is 4.40. The van der Waals surface area contributed by atoms with Gasteiger partial charge >= 0.3 is 0 Å². The summed E-state index contributed by atoms with van der Waals surface area (Å²) in [6.45, 7) is 0. The van der Waals surface area contributed by atoms with E-state index in [0.717, 1.165) is 15.6 Å². The summed E-state index contributed by atoms with van der Waals surface area (Å²) in [5.41, 5.74) is 7.77. The summed E-state index contributed by atoms with van der Waals surface area (Å²) in [5.74, 6) is 0. The lowest BCUT2D eigenvalue weighted by molar-refractivity contribution is 0.876. The Labute approximate surface area is 127 Å². The fraction of sp³-hybridized carbons (Fsp3) is 0.0909. The Morgan fingerprint density at radius 2 is 1.82 bits per heavy atom. The van der Waals surface area contributed by atoms with Gasteiger partial charge < -0.3 is 5.73 Å². The molecule has 1 nitrogen and oxygen atoms in total. The van der Waals surface area contributed by atoms with Crippen LogP contribution in [0.4, 0.5) is 0 Å². The van der Waals surface area contributed by atoms with Gasteiger partial charge in [0.15, 0.2) is 0 Å². The third kappa shape index (κ3) is 2.98. The van der Waals surface area contributed by atoms with E-state index in [9.17, 15) is 0 Å². The van der Waals surface area contributed by atoms with Crippen LogP contribution in [0.5, 0.6) is 0 Å². The molecule has 2 rings (SSSR count). The topological polar surface area (TPSA) is 26.0 Å². The van der Waals surface area contributed by atoms with Crippen LogP contribution < -0.4 is 5.73 Å². The minimum Gasteiger partial charge on any atom is -0.320 e. The number of benzene rings is 1. The van der Waals surface area contributed by atoms with Gasteiger partial charge in [0.05, 0.1) is 14.7 Å². The van der Waals surface area contributed by atoms with Gasteiger partial charge in [-0.05, 0) is 29.8 Å². The van der Waals surface area contributed by atoms with Gasteiger partial charge in [-0.15, -0.1) is 11.3 Å². The number of hydrogen-bond donors (Lipinski definition) is 1. The molecular weight excluding hydrogens is 364 g/mol. The van der Waals surface area contributed by atoms with E-state index in [-0.39, 0.29) is 6.04 Å². The van der Waals surface area contributed by atoms with Crippen LogP contribution >= 0.6 is 62.1 Å². The SMILES string of the molecule is NC(c1cc(Br)ccc1Cl)c1cc(Cl)sc1Cl. The van der Waals surface area contributed by atoms with Crippen molar-refractivity contribution in [1.29, 1.82) is 0 Å². The van der Waals surface area contributed by atoms with E-state index in [1.165, 1.54) is 11.3 Å². The van der Waals surface area contributed by atoms with Crippen molar-refractivity contribution >= 4 is 62.1 Å². The third-order valence-electron chi connectivity index (χ3n) is 2.31.